The summed E-state index contributed by atoms with van der Waals surface area (Å²) < 4.78 is 84.2. The minimum Gasteiger partial charge on any atom is -0.352 e. The maximum atomic E-state index is 14.4. The fraction of sp³-hybridized carbons (Fsp3) is 0.364. The molecule has 1 aliphatic heterocycles. The second-order valence-electron chi connectivity index (χ2n) is 7.83. The second-order valence-corrected chi connectivity index (χ2v) is 9.03. The average molecular weight is 562 g/mol. The van der Waals surface area contributed by atoms with E-state index in [1.54, 1.807) is 0 Å². The Morgan fingerprint density at radius 1 is 1.06 bits per heavy atom. The molecule has 190 valence electrons. The SMILES string of the molecule is CCC(=O)NCc1ccc(N2CCC(c3cc(Cl)c(Cl)c(Cl)c3)(C(F)(F)F)C2=O)cc1C(F)(F)F. The summed E-state index contributed by atoms with van der Waals surface area (Å²) in [4.78, 5) is 25.3. The van der Waals surface area contributed by atoms with Crippen LogP contribution in [0.2, 0.25) is 15.1 Å². The topological polar surface area (TPSA) is 49.4 Å². The van der Waals surface area contributed by atoms with Gasteiger partial charge in [0.2, 0.25) is 11.8 Å². The zero-order valence-corrected chi connectivity index (χ0v) is 20.1. The lowest BCUT2D eigenvalue weighted by Gasteiger charge is -2.31. The Morgan fingerprint density at radius 3 is 2.17 bits per heavy atom. The predicted octanol–water partition coefficient (Wildman–Crippen LogP) is 6.93. The van der Waals surface area contributed by atoms with Crippen LogP contribution in [0.25, 0.3) is 0 Å². The molecule has 1 saturated heterocycles. The van der Waals surface area contributed by atoms with Crippen molar-refractivity contribution >= 4 is 52.3 Å². The van der Waals surface area contributed by atoms with Crippen LogP contribution in [0.3, 0.4) is 0 Å². The first-order valence-corrected chi connectivity index (χ1v) is 11.3. The highest BCUT2D eigenvalue weighted by molar-refractivity contribution is 6.48. The predicted molar refractivity (Wildman–Crippen MR) is 120 cm³/mol. The summed E-state index contributed by atoms with van der Waals surface area (Å²) in [6.45, 7) is 0.569. The summed E-state index contributed by atoms with van der Waals surface area (Å²) in [6, 6.07) is 4.48. The Labute approximate surface area is 211 Å². The van der Waals surface area contributed by atoms with E-state index >= 15 is 0 Å². The van der Waals surface area contributed by atoms with Gasteiger partial charge in [0.1, 0.15) is 0 Å². The number of carbonyl (C=O) groups is 2. The number of rotatable bonds is 5. The van der Waals surface area contributed by atoms with E-state index in [0.717, 1.165) is 24.3 Å². The minimum atomic E-state index is -5.11. The molecule has 1 atom stereocenters. The van der Waals surface area contributed by atoms with Gasteiger partial charge in [-0.15, -0.1) is 0 Å². The molecule has 0 saturated carbocycles. The molecule has 1 fully saturated rings. The van der Waals surface area contributed by atoms with E-state index in [-0.39, 0.29) is 32.7 Å². The van der Waals surface area contributed by atoms with Crippen LogP contribution in [0.5, 0.6) is 0 Å². The molecule has 1 N–H and O–H groups in total. The molecule has 0 bridgehead atoms. The third kappa shape index (κ3) is 5.06. The lowest BCUT2D eigenvalue weighted by atomic mass is 9.78. The van der Waals surface area contributed by atoms with Crippen LogP contribution in [0, 0.1) is 0 Å². The monoisotopic (exact) mass is 560 g/mol. The largest absolute Gasteiger partial charge is 0.416 e. The standard InChI is InChI=1S/C22H17Cl3F6N2O2/c1-2-17(34)32-10-11-3-4-13(9-14(11)21(26,27)28)33-6-5-20(19(33)35,22(29,30)31)12-7-15(23)18(25)16(24)8-12/h3-4,7-9H,2,5-6,10H2,1H3,(H,32,34). The number of halogens is 9. The minimum absolute atomic E-state index is 0.0555. The van der Waals surface area contributed by atoms with Gasteiger partial charge in [-0.2, -0.15) is 26.3 Å². The summed E-state index contributed by atoms with van der Waals surface area (Å²) in [5.74, 6) is -1.95. The van der Waals surface area contributed by atoms with Crippen molar-refractivity contribution in [1.82, 2.24) is 5.32 Å². The van der Waals surface area contributed by atoms with Crippen molar-refractivity contribution in [1.29, 1.82) is 0 Å². The van der Waals surface area contributed by atoms with Crippen molar-refractivity contribution in [3.8, 4) is 0 Å². The highest BCUT2D eigenvalue weighted by Crippen LogP contribution is 2.51. The summed E-state index contributed by atoms with van der Waals surface area (Å²) in [6.07, 6.45) is -10.7. The second kappa shape index (κ2) is 9.71. The first kappa shape index (κ1) is 27.4. The van der Waals surface area contributed by atoms with Gasteiger partial charge in [-0.1, -0.05) is 47.8 Å². The third-order valence-corrected chi connectivity index (χ3v) is 6.99. The fourth-order valence-electron chi connectivity index (χ4n) is 3.93. The number of benzene rings is 2. The third-order valence-electron chi connectivity index (χ3n) is 5.79. The Hall–Kier alpha value is -2.17. The number of alkyl halides is 6. The van der Waals surface area contributed by atoms with E-state index in [1.807, 2.05) is 0 Å². The van der Waals surface area contributed by atoms with E-state index < -0.39 is 60.2 Å². The van der Waals surface area contributed by atoms with E-state index in [1.165, 1.54) is 6.92 Å². The number of hydrogen-bond acceptors (Lipinski definition) is 2. The van der Waals surface area contributed by atoms with Gasteiger partial charge in [0, 0.05) is 25.2 Å². The van der Waals surface area contributed by atoms with Crippen LogP contribution < -0.4 is 10.2 Å². The van der Waals surface area contributed by atoms with Crippen molar-refractivity contribution in [2.45, 2.75) is 44.1 Å². The highest BCUT2D eigenvalue weighted by Gasteiger charge is 2.65. The van der Waals surface area contributed by atoms with Crippen molar-refractivity contribution in [2.24, 2.45) is 0 Å². The molecule has 35 heavy (non-hydrogen) atoms. The van der Waals surface area contributed by atoms with E-state index in [9.17, 15) is 35.9 Å². The average Bonchev–Trinajstić information content (AvgIpc) is 3.12. The Kier molecular flexibility index (Phi) is 7.60. The molecule has 2 aromatic carbocycles. The summed E-state index contributed by atoms with van der Waals surface area (Å²) in [5.41, 5.74) is -5.50. The first-order valence-electron chi connectivity index (χ1n) is 10.1. The normalized spacial score (nSPS) is 18.8. The van der Waals surface area contributed by atoms with Crippen molar-refractivity contribution < 1.29 is 35.9 Å². The molecular formula is C22H17Cl3F6N2O2. The zero-order valence-electron chi connectivity index (χ0n) is 17.9. The summed E-state index contributed by atoms with van der Waals surface area (Å²) in [7, 11) is 0. The van der Waals surface area contributed by atoms with Gasteiger partial charge < -0.3 is 10.2 Å². The highest BCUT2D eigenvalue weighted by atomic mass is 35.5. The number of nitrogens with zero attached hydrogens (tertiary/aromatic N) is 1. The molecule has 0 radical (unpaired) electrons. The zero-order chi connectivity index (χ0) is 26.3. The molecule has 3 rings (SSSR count). The Bertz CT molecular complexity index is 1150. The fourth-order valence-corrected chi connectivity index (χ4v) is 4.53. The molecule has 1 heterocycles. The van der Waals surface area contributed by atoms with Crippen LogP contribution in [0.15, 0.2) is 30.3 Å². The number of amides is 2. The van der Waals surface area contributed by atoms with E-state index in [2.05, 4.69) is 5.32 Å². The number of carbonyl (C=O) groups excluding carboxylic acids is 2. The molecule has 1 unspecified atom stereocenters. The van der Waals surface area contributed by atoms with Crippen LogP contribution in [0.1, 0.15) is 36.5 Å². The lowest BCUT2D eigenvalue weighted by molar-refractivity contribution is -0.190. The van der Waals surface area contributed by atoms with Crippen LogP contribution >= 0.6 is 34.8 Å². The van der Waals surface area contributed by atoms with Gasteiger partial charge in [-0.3, -0.25) is 9.59 Å². The lowest BCUT2D eigenvalue weighted by Crippen LogP contribution is -2.49. The van der Waals surface area contributed by atoms with Crippen molar-refractivity contribution in [3.63, 3.8) is 0 Å². The quantitative estimate of drug-likeness (QED) is 0.318. The molecule has 1 aliphatic rings. The molecule has 2 amide bonds. The first-order chi connectivity index (χ1) is 16.1. The van der Waals surface area contributed by atoms with Gasteiger partial charge in [-0.05, 0) is 41.8 Å². The smallest absolute Gasteiger partial charge is 0.352 e. The molecule has 0 spiro atoms. The van der Waals surface area contributed by atoms with E-state index in [0.29, 0.717) is 11.0 Å². The van der Waals surface area contributed by atoms with Crippen LogP contribution in [0.4, 0.5) is 32.0 Å². The molecule has 0 aliphatic carbocycles. The van der Waals surface area contributed by atoms with Gasteiger partial charge in [0.05, 0.1) is 20.6 Å². The maximum Gasteiger partial charge on any atom is 0.416 e. The van der Waals surface area contributed by atoms with Gasteiger partial charge in [0.25, 0.3) is 0 Å². The number of anilines is 1. The Morgan fingerprint density at radius 2 is 1.66 bits per heavy atom. The van der Waals surface area contributed by atoms with E-state index in [4.69, 9.17) is 34.8 Å². The Balaban J connectivity index is 2.07. The van der Waals surface area contributed by atoms with Crippen LogP contribution in [-0.2, 0) is 27.7 Å². The van der Waals surface area contributed by atoms with Crippen molar-refractivity contribution in [2.75, 3.05) is 11.4 Å². The maximum absolute atomic E-state index is 14.4. The summed E-state index contributed by atoms with van der Waals surface area (Å²) >= 11 is 17.6. The summed E-state index contributed by atoms with van der Waals surface area (Å²) in [5, 5.41) is 1.52. The van der Waals surface area contributed by atoms with Crippen molar-refractivity contribution in [3.05, 3.63) is 62.1 Å². The number of hydrogen-bond donors (Lipinski definition) is 1. The molecule has 2 aromatic rings. The van der Waals surface area contributed by atoms with Gasteiger partial charge >= 0.3 is 12.4 Å². The van der Waals surface area contributed by atoms with Gasteiger partial charge in [0.15, 0.2) is 5.41 Å². The van der Waals surface area contributed by atoms with Gasteiger partial charge in [-0.25, -0.2) is 0 Å². The molecule has 0 aromatic heterocycles. The molecule has 4 nitrogen and oxygen atoms in total. The molecular weight excluding hydrogens is 545 g/mol. The van der Waals surface area contributed by atoms with Crippen LogP contribution in [-0.4, -0.2) is 24.5 Å². The number of nitrogens with one attached hydrogen (secondary N) is 1. The molecule has 13 heteroatoms.